The van der Waals surface area contributed by atoms with Crippen LogP contribution < -0.4 is 10.6 Å². The van der Waals surface area contributed by atoms with E-state index in [0.717, 1.165) is 32.4 Å². The summed E-state index contributed by atoms with van der Waals surface area (Å²) in [4.78, 5) is 12.0. The second kappa shape index (κ2) is 8.63. The highest BCUT2D eigenvalue weighted by molar-refractivity contribution is 5.77. The molecule has 0 aromatic carbocycles. The Morgan fingerprint density at radius 2 is 1.90 bits per heavy atom. The van der Waals surface area contributed by atoms with Crippen LogP contribution in [0.25, 0.3) is 0 Å². The lowest BCUT2D eigenvalue weighted by Crippen LogP contribution is -2.43. The van der Waals surface area contributed by atoms with Crippen LogP contribution in [0.1, 0.15) is 58.3 Å². The van der Waals surface area contributed by atoms with Crippen LogP contribution in [0.15, 0.2) is 0 Å². The van der Waals surface area contributed by atoms with Crippen LogP contribution in [-0.4, -0.2) is 37.7 Å². The van der Waals surface area contributed by atoms with E-state index in [4.69, 9.17) is 4.74 Å². The molecule has 1 saturated carbocycles. The van der Waals surface area contributed by atoms with Gasteiger partial charge in [-0.05, 0) is 51.1 Å². The average Bonchev–Trinajstić information content (AvgIpc) is 2.52. The third-order valence-corrected chi connectivity index (χ3v) is 4.74. The van der Waals surface area contributed by atoms with Gasteiger partial charge < -0.3 is 15.4 Å². The van der Waals surface area contributed by atoms with Crippen LogP contribution in [0, 0.1) is 5.92 Å². The molecule has 1 aliphatic heterocycles. The van der Waals surface area contributed by atoms with Crippen LogP contribution in [0.4, 0.5) is 0 Å². The zero-order valence-electron chi connectivity index (χ0n) is 12.8. The predicted molar refractivity (Wildman–Crippen MR) is 80.6 cm³/mol. The highest BCUT2D eigenvalue weighted by Gasteiger charge is 2.24. The molecular formula is C16H30N2O2. The van der Waals surface area contributed by atoms with E-state index < -0.39 is 0 Å². The van der Waals surface area contributed by atoms with E-state index in [-0.39, 0.29) is 18.6 Å². The van der Waals surface area contributed by atoms with Gasteiger partial charge in [0.25, 0.3) is 0 Å². The Bertz CT molecular complexity index is 284. The first kappa shape index (κ1) is 15.8. The van der Waals surface area contributed by atoms with Crippen molar-refractivity contribution in [2.24, 2.45) is 5.92 Å². The van der Waals surface area contributed by atoms with Gasteiger partial charge in [-0.25, -0.2) is 0 Å². The summed E-state index contributed by atoms with van der Waals surface area (Å²) >= 11 is 0. The van der Waals surface area contributed by atoms with Crippen molar-refractivity contribution in [3.63, 3.8) is 0 Å². The van der Waals surface area contributed by atoms with E-state index in [2.05, 4.69) is 17.6 Å². The van der Waals surface area contributed by atoms with Crippen molar-refractivity contribution in [3.05, 3.63) is 0 Å². The number of carbonyl (C=O) groups is 1. The fourth-order valence-electron chi connectivity index (χ4n) is 3.49. The van der Waals surface area contributed by atoms with Crippen molar-refractivity contribution in [1.82, 2.24) is 10.6 Å². The molecule has 0 aromatic heterocycles. The Hall–Kier alpha value is -0.610. The van der Waals surface area contributed by atoms with Gasteiger partial charge in [0.15, 0.2) is 0 Å². The number of rotatable bonds is 6. The molecule has 0 aromatic rings. The molecular weight excluding hydrogens is 252 g/mol. The highest BCUT2D eigenvalue weighted by Crippen LogP contribution is 2.27. The standard InChI is InChI=1S/C16H30N2O2/c1-2-15(13-6-4-3-5-7-13)18-16(19)12-20-14-8-10-17-11-9-14/h13-15,17H,2-12H2,1H3,(H,18,19). The molecule has 4 nitrogen and oxygen atoms in total. The number of nitrogens with one attached hydrogen (secondary N) is 2. The van der Waals surface area contributed by atoms with Gasteiger partial charge >= 0.3 is 0 Å². The van der Waals surface area contributed by atoms with Gasteiger partial charge in [-0.3, -0.25) is 4.79 Å². The summed E-state index contributed by atoms with van der Waals surface area (Å²) in [7, 11) is 0. The fourth-order valence-corrected chi connectivity index (χ4v) is 3.49. The first-order valence-electron chi connectivity index (χ1n) is 8.41. The molecule has 2 aliphatic rings. The monoisotopic (exact) mass is 282 g/mol. The van der Waals surface area contributed by atoms with E-state index in [0.29, 0.717) is 12.0 Å². The van der Waals surface area contributed by atoms with Crippen LogP contribution >= 0.6 is 0 Å². The quantitative estimate of drug-likeness (QED) is 0.785. The number of carbonyl (C=O) groups excluding carboxylic acids is 1. The van der Waals surface area contributed by atoms with Crippen molar-refractivity contribution < 1.29 is 9.53 Å². The third kappa shape index (κ3) is 5.06. The minimum absolute atomic E-state index is 0.0703. The number of piperidine rings is 1. The topological polar surface area (TPSA) is 50.4 Å². The van der Waals surface area contributed by atoms with Gasteiger partial charge in [0.1, 0.15) is 6.61 Å². The summed E-state index contributed by atoms with van der Waals surface area (Å²) in [6.45, 7) is 4.42. The number of amides is 1. The van der Waals surface area contributed by atoms with Gasteiger partial charge in [-0.15, -0.1) is 0 Å². The molecule has 2 N–H and O–H groups in total. The molecule has 0 bridgehead atoms. The smallest absolute Gasteiger partial charge is 0.246 e. The van der Waals surface area contributed by atoms with Gasteiger partial charge in [0, 0.05) is 6.04 Å². The summed E-state index contributed by atoms with van der Waals surface area (Å²) in [5.74, 6) is 0.748. The summed E-state index contributed by atoms with van der Waals surface area (Å²) in [6, 6.07) is 0.347. The van der Waals surface area contributed by atoms with Gasteiger partial charge in [0.05, 0.1) is 6.10 Å². The molecule has 4 heteroatoms. The Morgan fingerprint density at radius 3 is 2.55 bits per heavy atom. The van der Waals surface area contributed by atoms with Crippen molar-refractivity contribution in [2.45, 2.75) is 70.4 Å². The molecule has 0 spiro atoms. The molecule has 20 heavy (non-hydrogen) atoms. The van der Waals surface area contributed by atoms with E-state index in [1.165, 1.54) is 32.1 Å². The number of hydrogen-bond donors (Lipinski definition) is 2. The predicted octanol–water partition coefficient (Wildman–Crippen LogP) is 2.23. The molecule has 1 amide bonds. The van der Waals surface area contributed by atoms with Gasteiger partial charge in [0.2, 0.25) is 5.91 Å². The molecule has 1 atom stereocenters. The molecule has 1 unspecified atom stereocenters. The summed E-state index contributed by atoms with van der Waals surface area (Å²) in [5, 5.41) is 6.50. The van der Waals surface area contributed by atoms with E-state index in [1.807, 2.05) is 0 Å². The van der Waals surface area contributed by atoms with Crippen molar-refractivity contribution >= 4 is 5.91 Å². The Balaban J connectivity index is 1.68. The second-order valence-corrected chi connectivity index (χ2v) is 6.24. The normalized spacial score (nSPS) is 23.4. The molecule has 116 valence electrons. The van der Waals surface area contributed by atoms with Crippen LogP contribution in [0.3, 0.4) is 0 Å². The first-order chi connectivity index (χ1) is 9.79. The van der Waals surface area contributed by atoms with Crippen LogP contribution in [0.2, 0.25) is 0 Å². The van der Waals surface area contributed by atoms with Gasteiger partial charge in [-0.2, -0.15) is 0 Å². The lowest BCUT2D eigenvalue weighted by atomic mass is 9.83. The number of hydrogen-bond acceptors (Lipinski definition) is 3. The maximum Gasteiger partial charge on any atom is 0.246 e. The Kier molecular flexibility index (Phi) is 6.80. The molecule has 1 saturated heterocycles. The molecule has 2 fully saturated rings. The number of ether oxygens (including phenoxy) is 1. The van der Waals surface area contributed by atoms with Crippen LogP contribution in [0.5, 0.6) is 0 Å². The SMILES string of the molecule is CCC(NC(=O)COC1CCNCC1)C1CCCCC1. The van der Waals surface area contributed by atoms with E-state index in [9.17, 15) is 4.79 Å². The van der Waals surface area contributed by atoms with Gasteiger partial charge in [-0.1, -0.05) is 26.2 Å². The highest BCUT2D eigenvalue weighted by atomic mass is 16.5. The van der Waals surface area contributed by atoms with E-state index >= 15 is 0 Å². The van der Waals surface area contributed by atoms with E-state index in [1.54, 1.807) is 0 Å². The average molecular weight is 282 g/mol. The van der Waals surface area contributed by atoms with Crippen molar-refractivity contribution in [1.29, 1.82) is 0 Å². The zero-order valence-corrected chi connectivity index (χ0v) is 12.8. The largest absolute Gasteiger partial charge is 0.368 e. The fraction of sp³-hybridized carbons (Fsp3) is 0.938. The molecule has 2 rings (SSSR count). The van der Waals surface area contributed by atoms with Crippen LogP contribution in [-0.2, 0) is 9.53 Å². The van der Waals surface area contributed by atoms with Crippen molar-refractivity contribution in [2.75, 3.05) is 19.7 Å². The second-order valence-electron chi connectivity index (χ2n) is 6.24. The summed E-state index contributed by atoms with van der Waals surface area (Å²) in [6.07, 6.45) is 9.88. The molecule has 0 radical (unpaired) electrons. The maximum atomic E-state index is 12.0. The van der Waals surface area contributed by atoms with Crippen molar-refractivity contribution in [3.8, 4) is 0 Å². The minimum atomic E-state index is 0.0703. The molecule has 1 heterocycles. The Labute approximate surface area is 123 Å². The zero-order chi connectivity index (χ0) is 14.2. The first-order valence-corrected chi connectivity index (χ1v) is 8.41. The maximum absolute atomic E-state index is 12.0. The molecule has 1 aliphatic carbocycles. The lowest BCUT2D eigenvalue weighted by molar-refractivity contribution is -0.129. The lowest BCUT2D eigenvalue weighted by Gasteiger charge is -2.30. The minimum Gasteiger partial charge on any atom is -0.368 e. The Morgan fingerprint density at radius 1 is 1.20 bits per heavy atom. The summed E-state index contributed by atoms with van der Waals surface area (Å²) in [5.41, 5.74) is 0. The third-order valence-electron chi connectivity index (χ3n) is 4.74. The summed E-state index contributed by atoms with van der Waals surface area (Å²) < 4.78 is 5.73.